The predicted octanol–water partition coefficient (Wildman–Crippen LogP) is 1.42. The maximum Gasteiger partial charge on any atom is 0.319 e. The molecule has 0 amide bonds. The Labute approximate surface area is 83.3 Å². The number of anilines is 2. The smallest absolute Gasteiger partial charge is 0.319 e. The molecular formula is C9H16N4O. The van der Waals surface area contributed by atoms with Crippen molar-refractivity contribution < 1.29 is 4.42 Å². The van der Waals surface area contributed by atoms with Crippen molar-refractivity contribution >= 4 is 12.0 Å². The van der Waals surface area contributed by atoms with E-state index in [1.54, 1.807) is 0 Å². The van der Waals surface area contributed by atoms with Crippen LogP contribution in [0.3, 0.4) is 0 Å². The third kappa shape index (κ3) is 1.66. The molecule has 0 saturated heterocycles. The normalized spacial score (nSPS) is 17.5. The average Bonchev–Trinajstić information content (AvgIpc) is 2.79. The molecule has 78 valence electrons. The molecule has 1 fully saturated rings. The molecule has 0 atom stereocenters. The molecule has 14 heavy (non-hydrogen) atoms. The van der Waals surface area contributed by atoms with Gasteiger partial charge in [0.15, 0.2) is 0 Å². The van der Waals surface area contributed by atoms with Gasteiger partial charge >= 0.3 is 12.0 Å². The molecule has 1 saturated carbocycles. The molecule has 0 radical (unpaired) electrons. The molecule has 2 N–H and O–H groups in total. The Morgan fingerprint density at radius 2 is 2.14 bits per heavy atom. The molecule has 0 aliphatic heterocycles. The van der Waals surface area contributed by atoms with Crippen LogP contribution in [0.5, 0.6) is 0 Å². The Balaban J connectivity index is 2.12. The fourth-order valence-electron chi connectivity index (χ4n) is 2.11. The first kappa shape index (κ1) is 9.30. The summed E-state index contributed by atoms with van der Waals surface area (Å²) in [6.45, 7) is 2.99. The van der Waals surface area contributed by atoms with Crippen LogP contribution >= 0.6 is 0 Å². The number of hydrogen-bond donors (Lipinski definition) is 1. The van der Waals surface area contributed by atoms with Gasteiger partial charge in [-0.05, 0) is 19.8 Å². The van der Waals surface area contributed by atoms with Gasteiger partial charge in [0.2, 0.25) is 0 Å². The Bertz CT molecular complexity index is 293. The highest BCUT2D eigenvalue weighted by atomic mass is 16.4. The molecule has 1 heterocycles. The number of nitrogens with two attached hydrogens (primary N) is 1. The van der Waals surface area contributed by atoms with Crippen LogP contribution in [0.4, 0.5) is 12.0 Å². The second-order valence-corrected chi connectivity index (χ2v) is 3.65. The number of rotatable bonds is 3. The molecule has 0 bridgehead atoms. The summed E-state index contributed by atoms with van der Waals surface area (Å²) in [6.07, 6.45) is 5.03. The van der Waals surface area contributed by atoms with Crippen LogP contribution in [-0.2, 0) is 0 Å². The second kappa shape index (κ2) is 3.86. The fourth-order valence-corrected chi connectivity index (χ4v) is 2.11. The average molecular weight is 196 g/mol. The maximum atomic E-state index is 5.40. The van der Waals surface area contributed by atoms with Crippen molar-refractivity contribution in [2.75, 3.05) is 17.2 Å². The minimum absolute atomic E-state index is 0.149. The topological polar surface area (TPSA) is 68.2 Å². The van der Waals surface area contributed by atoms with Gasteiger partial charge in [-0.3, -0.25) is 0 Å². The van der Waals surface area contributed by atoms with Gasteiger partial charge in [-0.25, -0.2) is 0 Å². The Morgan fingerprint density at radius 3 is 2.64 bits per heavy atom. The van der Waals surface area contributed by atoms with E-state index in [1.807, 2.05) is 0 Å². The molecule has 0 unspecified atom stereocenters. The number of nitrogens with zero attached hydrogens (tertiary/aromatic N) is 3. The van der Waals surface area contributed by atoms with Crippen LogP contribution in [0.2, 0.25) is 0 Å². The highest BCUT2D eigenvalue weighted by molar-refractivity contribution is 5.29. The molecular weight excluding hydrogens is 180 g/mol. The number of hydrogen-bond acceptors (Lipinski definition) is 5. The Hall–Kier alpha value is -1.26. The predicted molar refractivity (Wildman–Crippen MR) is 54.0 cm³/mol. The van der Waals surface area contributed by atoms with Gasteiger partial charge in [-0.1, -0.05) is 23.0 Å². The lowest BCUT2D eigenvalue weighted by molar-refractivity contribution is 0.507. The summed E-state index contributed by atoms with van der Waals surface area (Å²) in [7, 11) is 0. The molecule has 1 aliphatic carbocycles. The number of nitrogen functional groups attached to an aromatic ring is 1. The van der Waals surface area contributed by atoms with Crippen molar-refractivity contribution in [3.05, 3.63) is 0 Å². The monoisotopic (exact) mass is 196 g/mol. The Morgan fingerprint density at radius 1 is 1.43 bits per heavy atom. The summed E-state index contributed by atoms with van der Waals surface area (Å²) < 4.78 is 5.23. The van der Waals surface area contributed by atoms with Gasteiger partial charge < -0.3 is 15.1 Å². The second-order valence-electron chi connectivity index (χ2n) is 3.65. The molecule has 1 aromatic rings. The van der Waals surface area contributed by atoms with Crippen molar-refractivity contribution in [3.63, 3.8) is 0 Å². The molecule has 5 heteroatoms. The van der Waals surface area contributed by atoms with Crippen molar-refractivity contribution in [2.45, 2.75) is 38.6 Å². The van der Waals surface area contributed by atoms with Gasteiger partial charge in [0, 0.05) is 12.6 Å². The van der Waals surface area contributed by atoms with Crippen LogP contribution in [0.1, 0.15) is 32.6 Å². The molecule has 0 spiro atoms. The highest BCUT2D eigenvalue weighted by Crippen LogP contribution is 2.27. The molecule has 1 aliphatic rings. The van der Waals surface area contributed by atoms with Crippen LogP contribution in [-0.4, -0.2) is 22.8 Å². The van der Waals surface area contributed by atoms with Gasteiger partial charge in [0.1, 0.15) is 0 Å². The van der Waals surface area contributed by atoms with E-state index < -0.39 is 0 Å². The standard InChI is InChI=1S/C9H16N4O/c1-2-13(7-5-3-4-6-7)9-12-11-8(10)14-9/h7H,2-6H2,1H3,(H2,10,11). The van der Waals surface area contributed by atoms with Crippen molar-refractivity contribution in [2.24, 2.45) is 0 Å². The lowest BCUT2D eigenvalue weighted by atomic mass is 10.2. The van der Waals surface area contributed by atoms with Crippen LogP contribution < -0.4 is 10.6 Å². The molecule has 2 rings (SSSR count). The zero-order valence-electron chi connectivity index (χ0n) is 8.44. The summed E-state index contributed by atoms with van der Waals surface area (Å²) >= 11 is 0. The molecule has 0 aromatic carbocycles. The van der Waals surface area contributed by atoms with E-state index in [0.29, 0.717) is 12.1 Å². The quantitative estimate of drug-likeness (QED) is 0.791. The van der Waals surface area contributed by atoms with E-state index in [9.17, 15) is 0 Å². The van der Waals surface area contributed by atoms with E-state index in [4.69, 9.17) is 10.2 Å². The summed E-state index contributed by atoms with van der Waals surface area (Å²) in [5.74, 6) is 0. The first-order chi connectivity index (χ1) is 6.81. The van der Waals surface area contributed by atoms with Gasteiger partial charge in [0.05, 0.1) is 0 Å². The third-order valence-corrected chi connectivity index (χ3v) is 2.78. The minimum atomic E-state index is 0.149. The van der Waals surface area contributed by atoms with Gasteiger partial charge in [0.25, 0.3) is 0 Å². The van der Waals surface area contributed by atoms with Gasteiger partial charge in [-0.2, -0.15) is 0 Å². The lowest BCUT2D eigenvalue weighted by Crippen LogP contribution is -2.33. The van der Waals surface area contributed by atoms with E-state index in [-0.39, 0.29) is 6.01 Å². The van der Waals surface area contributed by atoms with E-state index in [2.05, 4.69) is 22.0 Å². The molecule has 1 aromatic heterocycles. The Kier molecular flexibility index (Phi) is 2.56. The maximum absolute atomic E-state index is 5.40. The van der Waals surface area contributed by atoms with Crippen molar-refractivity contribution in [3.8, 4) is 0 Å². The van der Waals surface area contributed by atoms with Crippen molar-refractivity contribution in [1.82, 2.24) is 10.2 Å². The summed E-state index contributed by atoms with van der Waals surface area (Å²) in [4.78, 5) is 2.15. The molecule has 5 nitrogen and oxygen atoms in total. The minimum Gasteiger partial charge on any atom is -0.390 e. The highest BCUT2D eigenvalue weighted by Gasteiger charge is 2.24. The first-order valence-electron chi connectivity index (χ1n) is 5.17. The third-order valence-electron chi connectivity index (χ3n) is 2.78. The SMILES string of the molecule is CCN(c1nnc(N)o1)C1CCCC1. The zero-order chi connectivity index (χ0) is 9.97. The fraction of sp³-hybridized carbons (Fsp3) is 0.778. The number of aromatic nitrogens is 2. The zero-order valence-corrected chi connectivity index (χ0v) is 8.44. The largest absolute Gasteiger partial charge is 0.390 e. The van der Waals surface area contributed by atoms with E-state index in [1.165, 1.54) is 25.7 Å². The van der Waals surface area contributed by atoms with Crippen LogP contribution in [0, 0.1) is 0 Å². The van der Waals surface area contributed by atoms with Gasteiger partial charge in [-0.15, -0.1) is 0 Å². The summed E-state index contributed by atoms with van der Waals surface area (Å²) in [5.41, 5.74) is 5.40. The van der Waals surface area contributed by atoms with Crippen molar-refractivity contribution in [1.29, 1.82) is 0 Å². The summed E-state index contributed by atoms with van der Waals surface area (Å²) in [5, 5.41) is 7.59. The first-order valence-corrected chi connectivity index (χ1v) is 5.17. The van der Waals surface area contributed by atoms with Crippen LogP contribution in [0.25, 0.3) is 0 Å². The van der Waals surface area contributed by atoms with Crippen LogP contribution in [0.15, 0.2) is 4.42 Å². The van der Waals surface area contributed by atoms with E-state index >= 15 is 0 Å². The lowest BCUT2D eigenvalue weighted by Gasteiger charge is -2.24. The van der Waals surface area contributed by atoms with E-state index in [0.717, 1.165) is 6.54 Å². The summed E-state index contributed by atoms with van der Waals surface area (Å²) in [6, 6.07) is 1.27.